The maximum absolute atomic E-state index is 6.59. The molecular weight excluding hydrogens is 669 g/mol. The van der Waals surface area contributed by atoms with Gasteiger partial charge in [-0.25, -0.2) is 0 Å². The molecule has 0 radical (unpaired) electrons. The van der Waals surface area contributed by atoms with Gasteiger partial charge in [0.15, 0.2) is 0 Å². The summed E-state index contributed by atoms with van der Waals surface area (Å²) in [4.78, 5) is 2.38. The Hall–Kier alpha value is -7.36. The van der Waals surface area contributed by atoms with E-state index in [1.165, 1.54) is 32.8 Å². The highest BCUT2D eigenvalue weighted by molar-refractivity contribution is 6.19. The second kappa shape index (κ2) is 12.6. The van der Waals surface area contributed by atoms with E-state index in [0.717, 1.165) is 66.7 Å². The van der Waals surface area contributed by atoms with Gasteiger partial charge in [0.05, 0.1) is 11.0 Å². The van der Waals surface area contributed by atoms with E-state index in [0.29, 0.717) is 0 Å². The molecule has 0 atom stereocenters. The number of hydrogen-bond acceptors (Lipinski definition) is 2. The molecule has 3 heteroatoms. The Labute approximate surface area is 318 Å². The van der Waals surface area contributed by atoms with E-state index in [2.05, 4.69) is 216 Å². The highest BCUT2D eigenvalue weighted by atomic mass is 16.3. The van der Waals surface area contributed by atoms with Crippen molar-refractivity contribution in [3.63, 3.8) is 0 Å². The monoisotopic (exact) mass is 702 g/mol. The fourth-order valence-electron chi connectivity index (χ4n) is 8.44. The van der Waals surface area contributed by atoms with Crippen LogP contribution in [0.1, 0.15) is 0 Å². The van der Waals surface area contributed by atoms with E-state index in [4.69, 9.17) is 4.42 Å². The van der Waals surface area contributed by atoms with E-state index in [1.807, 2.05) is 0 Å². The van der Waals surface area contributed by atoms with Gasteiger partial charge in [0, 0.05) is 49.7 Å². The number of rotatable bonds is 6. The van der Waals surface area contributed by atoms with Crippen LogP contribution in [0.25, 0.3) is 82.5 Å². The Kier molecular flexibility index (Phi) is 7.17. The summed E-state index contributed by atoms with van der Waals surface area (Å²) < 4.78 is 8.98. The van der Waals surface area contributed by atoms with Gasteiger partial charge in [-0.15, -0.1) is 0 Å². The summed E-state index contributed by atoms with van der Waals surface area (Å²) in [6.07, 6.45) is 0. The van der Waals surface area contributed by atoms with Gasteiger partial charge in [-0.1, -0.05) is 140 Å². The maximum Gasteiger partial charge on any atom is 0.143 e. The predicted molar refractivity (Wildman–Crippen MR) is 231 cm³/mol. The predicted octanol–water partition coefficient (Wildman–Crippen LogP) is 14.6. The van der Waals surface area contributed by atoms with E-state index >= 15 is 0 Å². The molecular formula is C52H34N2O. The fourth-order valence-corrected chi connectivity index (χ4v) is 8.44. The summed E-state index contributed by atoms with van der Waals surface area (Å²) in [6.45, 7) is 0. The first-order valence-corrected chi connectivity index (χ1v) is 18.8. The summed E-state index contributed by atoms with van der Waals surface area (Å²) in [5.41, 5.74) is 13.2. The van der Waals surface area contributed by atoms with Crippen molar-refractivity contribution in [1.82, 2.24) is 4.57 Å². The van der Waals surface area contributed by atoms with Crippen molar-refractivity contribution in [1.29, 1.82) is 0 Å². The first-order valence-electron chi connectivity index (χ1n) is 18.8. The Balaban J connectivity index is 1.12. The molecule has 0 unspecified atom stereocenters. The number of anilines is 3. The third-order valence-corrected chi connectivity index (χ3v) is 11.0. The molecule has 258 valence electrons. The Bertz CT molecular complexity index is 3190. The maximum atomic E-state index is 6.59. The molecule has 9 aromatic carbocycles. The van der Waals surface area contributed by atoms with Crippen molar-refractivity contribution < 1.29 is 4.42 Å². The second-order valence-electron chi connectivity index (χ2n) is 14.1. The number of benzene rings is 9. The number of aromatic nitrogens is 1. The SMILES string of the molecule is c1ccc(-c2ccc(N(c3cccc(-c4cccc5oc6c7ccccc7ccc6c45)c3)c3ccc4c5ccccc5n(-c5ccccc5)c4c3)cc2)cc1. The van der Waals surface area contributed by atoms with Crippen molar-refractivity contribution in [2.75, 3.05) is 4.90 Å². The van der Waals surface area contributed by atoms with Gasteiger partial charge in [0.25, 0.3) is 0 Å². The van der Waals surface area contributed by atoms with Crippen LogP contribution in [-0.4, -0.2) is 4.57 Å². The lowest BCUT2D eigenvalue weighted by molar-refractivity contribution is 0.673. The Morgan fingerprint density at radius 1 is 0.382 bits per heavy atom. The summed E-state index contributed by atoms with van der Waals surface area (Å²) in [5, 5.41) is 7.03. The number of furan rings is 1. The minimum atomic E-state index is 0.891. The third kappa shape index (κ3) is 5.13. The number of fused-ring (bicyclic) bond motifs is 8. The van der Waals surface area contributed by atoms with E-state index in [-0.39, 0.29) is 0 Å². The number of nitrogens with zero attached hydrogens (tertiary/aromatic N) is 2. The Morgan fingerprint density at radius 2 is 1.02 bits per heavy atom. The molecule has 0 fully saturated rings. The van der Waals surface area contributed by atoms with Gasteiger partial charge in [0.2, 0.25) is 0 Å². The van der Waals surface area contributed by atoms with Crippen molar-refractivity contribution in [3.8, 4) is 27.9 Å². The molecule has 55 heavy (non-hydrogen) atoms. The van der Waals surface area contributed by atoms with Crippen molar-refractivity contribution in [2.45, 2.75) is 0 Å². The molecule has 0 N–H and O–H groups in total. The molecule has 0 amide bonds. The number of hydrogen-bond donors (Lipinski definition) is 0. The lowest BCUT2D eigenvalue weighted by Crippen LogP contribution is -2.10. The normalized spacial score (nSPS) is 11.6. The standard InChI is InChI=1S/C52H34N2O/c1-3-13-35(14-4-1)36-25-28-40(29-26-36)53(42-30-32-46-45-21-9-10-23-48(45)54(49(46)34-42)39-17-5-2-6-18-39)41-19-11-16-38(33-41)43-22-12-24-50-51(43)47-31-27-37-15-7-8-20-44(37)52(47)55-50/h1-34H. The van der Waals surface area contributed by atoms with Crippen LogP contribution in [0, 0.1) is 0 Å². The van der Waals surface area contributed by atoms with Crippen LogP contribution in [0.15, 0.2) is 211 Å². The van der Waals surface area contributed by atoms with Crippen LogP contribution in [0.2, 0.25) is 0 Å². The van der Waals surface area contributed by atoms with E-state index in [1.54, 1.807) is 0 Å². The highest BCUT2D eigenvalue weighted by Gasteiger charge is 2.20. The van der Waals surface area contributed by atoms with Crippen molar-refractivity contribution in [2.24, 2.45) is 0 Å². The first-order chi connectivity index (χ1) is 27.3. The van der Waals surface area contributed by atoms with Crippen LogP contribution < -0.4 is 4.90 Å². The highest BCUT2D eigenvalue weighted by Crippen LogP contribution is 2.43. The molecule has 11 aromatic rings. The molecule has 2 aromatic heterocycles. The van der Waals surface area contributed by atoms with Crippen LogP contribution in [0.5, 0.6) is 0 Å². The minimum Gasteiger partial charge on any atom is -0.455 e. The third-order valence-electron chi connectivity index (χ3n) is 11.0. The van der Waals surface area contributed by atoms with E-state index < -0.39 is 0 Å². The molecule has 0 aliphatic carbocycles. The largest absolute Gasteiger partial charge is 0.455 e. The molecule has 0 aliphatic heterocycles. The molecule has 11 rings (SSSR count). The summed E-state index contributed by atoms with van der Waals surface area (Å²) >= 11 is 0. The van der Waals surface area contributed by atoms with Gasteiger partial charge in [-0.2, -0.15) is 0 Å². The molecule has 3 nitrogen and oxygen atoms in total. The second-order valence-corrected chi connectivity index (χ2v) is 14.1. The topological polar surface area (TPSA) is 21.3 Å². The first kappa shape index (κ1) is 31.2. The van der Waals surface area contributed by atoms with Gasteiger partial charge >= 0.3 is 0 Å². The van der Waals surface area contributed by atoms with E-state index in [9.17, 15) is 0 Å². The molecule has 0 aliphatic rings. The summed E-state index contributed by atoms with van der Waals surface area (Å²) in [5.74, 6) is 0. The lowest BCUT2D eigenvalue weighted by atomic mass is 9.97. The average molecular weight is 703 g/mol. The molecule has 0 bridgehead atoms. The van der Waals surface area contributed by atoms with Crippen LogP contribution in [0.3, 0.4) is 0 Å². The minimum absolute atomic E-state index is 0.891. The molecule has 0 spiro atoms. The zero-order valence-corrected chi connectivity index (χ0v) is 29.9. The zero-order valence-electron chi connectivity index (χ0n) is 29.9. The zero-order chi connectivity index (χ0) is 36.3. The summed E-state index contributed by atoms with van der Waals surface area (Å²) in [7, 11) is 0. The molecule has 2 heterocycles. The molecule has 0 saturated carbocycles. The van der Waals surface area contributed by atoms with Gasteiger partial charge < -0.3 is 13.9 Å². The van der Waals surface area contributed by atoms with Crippen LogP contribution in [0.4, 0.5) is 17.1 Å². The molecule has 0 saturated heterocycles. The fraction of sp³-hybridized carbons (Fsp3) is 0. The Morgan fingerprint density at radius 3 is 1.87 bits per heavy atom. The number of para-hydroxylation sites is 2. The van der Waals surface area contributed by atoms with Gasteiger partial charge in [-0.3, -0.25) is 0 Å². The van der Waals surface area contributed by atoms with Crippen molar-refractivity contribution in [3.05, 3.63) is 206 Å². The lowest BCUT2D eigenvalue weighted by Gasteiger charge is -2.26. The van der Waals surface area contributed by atoms with Crippen molar-refractivity contribution >= 4 is 71.6 Å². The van der Waals surface area contributed by atoms with Gasteiger partial charge in [0.1, 0.15) is 11.2 Å². The average Bonchev–Trinajstić information content (AvgIpc) is 3.81. The smallest absolute Gasteiger partial charge is 0.143 e. The van der Waals surface area contributed by atoms with Gasteiger partial charge in [-0.05, 0) is 94.4 Å². The summed E-state index contributed by atoms with van der Waals surface area (Å²) in [6, 6.07) is 73.9. The quantitative estimate of drug-likeness (QED) is 0.172. The van der Waals surface area contributed by atoms with Crippen LogP contribution in [-0.2, 0) is 0 Å². The van der Waals surface area contributed by atoms with Crippen LogP contribution >= 0.6 is 0 Å².